The summed E-state index contributed by atoms with van der Waals surface area (Å²) in [5, 5.41) is 16.1. The minimum atomic E-state index is 0.282. The SMILES string of the molecule is COCCCNC(=NCc1nnc(C)n1C)NC1CCCN(c2ccccc2Cl)C1. The number of methoxy groups -OCH3 is 1. The Kier molecular flexibility index (Phi) is 8.33. The number of guanidine groups is 1. The zero-order valence-electron chi connectivity index (χ0n) is 18.1. The second kappa shape index (κ2) is 11.2. The van der Waals surface area contributed by atoms with Crippen molar-refractivity contribution in [3.63, 3.8) is 0 Å². The van der Waals surface area contributed by atoms with Gasteiger partial charge in [-0.25, -0.2) is 4.99 Å². The van der Waals surface area contributed by atoms with Gasteiger partial charge in [0.1, 0.15) is 12.4 Å². The number of aliphatic imine (C=N–C) groups is 1. The third-order valence-electron chi connectivity index (χ3n) is 5.33. The Morgan fingerprint density at radius 1 is 1.33 bits per heavy atom. The molecule has 1 aromatic heterocycles. The fraction of sp³-hybridized carbons (Fsp3) is 0.571. The minimum Gasteiger partial charge on any atom is -0.385 e. The van der Waals surface area contributed by atoms with E-state index in [0.717, 1.165) is 67.2 Å². The van der Waals surface area contributed by atoms with Gasteiger partial charge >= 0.3 is 0 Å². The van der Waals surface area contributed by atoms with Crippen LogP contribution in [0.3, 0.4) is 0 Å². The number of para-hydroxylation sites is 1. The molecule has 0 spiro atoms. The van der Waals surface area contributed by atoms with Gasteiger partial charge in [0.2, 0.25) is 0 Å². The molecule has 30 heavy (non-hydrogen) atoms. The second-order valence-electron chi connectivity index (χ2n) is 7.54. The van der Waals surface area contributed by atoms with E-state index in [1.54, 1.807) is 7.11 Å². The van der Waals surface area contributed by atoms with Crippen LogP contribution >= 0.6 is 11.6 Å². The minimum absolute atomic E-state index is 0.282. The van der Waals surface area contributed by atoms with Gasteiger partial charge in [-0.3, -0.25) is 0 Å². The summed E-state index contributed by atoms with van der Waals surface area (Å²) in [5.74, 6) is 2.51. The molecule has 1 aliphatic heterocycles. The smallest absolute Gasteiger partial charge is 0.191 e. The summed E-state index contributed by atoms with van der Waals surface area (Å²) >= 11 is 6.42. The van der Waals surface area contributed by atoms with E-state index in [-0.39, 0.29) is 6.04 Å². The Hall–Kier alpha value is -2.32. The van der Waals surface area contributed by atoms with Crippen LogP contribution in [0.2, 0.25) is 5.02 Å². The molecule has 1 fully saturated rings. The first-order valence-corrected chi connectivity index (χ1v) is 10.8. The van der Waals surface area contributed by atoms with E-state index in [1.165, 1.54) is 0 Å². The van der Waals surface area contributed by atoms with Gasteiger partial charge < -0.3 is 24.8 Å². The molecule has 1 atom stereocenters. The molecule has 164 valence electrons. The maximum absolute atomic E-state index is 6.42. The first-order valence-electron chi connectivity index (χ1n) is 10.5. The summed E-state index contributed by atoms with van der Waals surface area (Å²) < 4.78 is 7.12. The third kappa shape index (κ3) is 6.09. The summed E-state index contributed by atoms with van der Waals surface area (Å²) in [6.45, 7) is 5.80. The maximum Gasteiger partial charge on any atom is 0.191 e. The van der Waals surface area contributed by atoms with E-state index < -0.39 is 0 Å². The fourth-order valence-corrected chi connectivity index (χ4v) is 3.78. The average molecular weight is 434 g/mol. The fourth-order valence-electron chi connectivity index (χ4n) is 3.53. The lowest BCUT2D eigenvalue weighted by atomic mass is 10.0. The monoisotopic (exact) mass is 433 g/mol. The molecular weight excluding hydrogens is 402 g/mol. The molecule has 0 radical (unpaired) electrons. The predicted octanol–water partition coefficient (Wildman–Crippen LogP) is 2.52. The van der Waals surface area contributed by atoms with Crippen molar-refractivity contribution in [2.45, 2.75) is 38.8 Å². The van der Waals surface area contributed by atoms with E-state index in [1.807, 2.05) is 36.7 Å². The van der Waals surface area contributed by atoms with Gasteiger partial charge in [-0.15, -0.1) is 10.2 Å². The highest BCUT2D eigenvalue weighted by atomic mass is 35.5. The molecule has 1 unspecified atom stereocenters. The van der Waals surface area contributed by atoms with Crippen LogP contribution in [0.15, 0.2) is 29.3 Å². The molecule has 1 saturated heterocycles. The molecule has 1 aromatic carbocycles. The van der Waals surface area contributed by atoms with Crippen molar-refractivity contribution < 1.29 is 4.74 Å². The molecule has 2 N–H and O–H groups in total. The van der Waals surface area contributed by atoms with E-state index in [4.69, 9.17) is 21.3 Å². The number of aryl methyl sites for hydroxylation is 1. The first-order chi connectivity index (χ1) is 14.6. The Morgan fingerprint density at radius 3 is 2.90 bits per heavy atom. The molecule has 1 aliphatic rings. The lowest BCUT2D eigenvalue weighted by Crippen LogP contribution is -2.51. The van der Waals surface area contributed by atoms with Gasteiger partial charge in [-0.2, -0.15) is 0 Å². The van der Waals surface area contributed by atoms with Gasteiger partial charge in [0.15, 0.2) is 11.8 Å². The van der Waals surface area contributed by atoms with Crippen LogP contribution in [0.4, 0.5) is 5.69 Å². The normalized spacial score (nSPS) is 17.3. The van der Waals surface area contributed by atoms with Gasteiger partial charge in [-0.1, -0.05) is 23.7 Å². The summed E-state index contributed by atoms with van der Waals surface area (Å²) in [7, 11) is 3.68. The molecular formula is C21H32ClN7O. The van der Waals surface area contributed by atoms with Crippen LogP contribution in [-0.2, 0) is 18.3 Å². The molecule has 0 amide bonds. The molecule has 2 heterocycles. The third-order valence-corrected chi connectivity index (χ3v) is 5.65. The lowest BCUT2D eigenvalue weighted by Gasteiger charge is -2.35. The Labute approximate surface area is 183 Å². The van der Waals surface area contributed by atoms with Crippen LogP contribution in [0.1, 0.15) is 30.9 Å². The van der Waals surface area contributed by atoms with Crippen LogP contribution < -0.4 is 15.5 Å². The van der Waals surface area contributed by atoms with Crippen molar-refractivity contribution in [3.05, 3.63) is 40.9 Å². The van der Waals surface area contributed by atoms with Crippen LogP contribution in [0.25, 0.3) is 0 Å². The van der Waals surface area contributed by atoms with E-state index >= 15 is 0 Å². The first kappa shape index (κ1) is 22.4. The zero-order chi connectivity index (χ0) is 21.3. The number of nitrogens with one attached hydrogen (secondary N) is 2. The van der Waals surface area contributed by atoms with Crippen LogP contribution in [0.5, 0.6) is 0 Å². The number of hydrogen-bond acceptors (Lipinski definition) is 5. The highest BCUT2D eigenvalue weighted by Gasteiger charge is 2.22. The largest absolute Gasteiger partial charge is 0.385 e. The lowest BCUT2D eigenvalue weighted by molar-refractivity contribution is 0.195. The number of hydrogen-bond donors (Lipinski definition) is 2. The van der Waals surface area contributed by atoms with Gasteiger partial charge in [0.05, 0.1) is 10.7 Å². The summed E-state index contributed by atoms with van der Waals surface area (Å²) in [6, 6.07) is 8.31. The number of piperidine rings is 1. The summed E-state index contributed by atoms with van der Waals surface area (Å²) in [4.78, 5) is 7.11. The number of ether oxygens (including phenoxy) is 1. The highest BCUT2D eigenvalue weighted by molar-refractivity contribution is 6.33. The summed E-state index contributed by atoms with van der Waals surface area (Å²) in [6.07, 6.45) is 3.10. The number of rotatable bonds is 8. The number of anilines is 1. The van der Waals surface area contributed by atoms with Crippen molar-refractivity contribution in [2.24, 2.45) is 12.0 Å². The van der Waals surface area contributed by atoms with Crippen molar-refractivity contribution >= 4 is 23.2 Å². The van der Waals surface area contributed by atoms with Crippen LogP contribution in [-0.4, -0.2) is 60.1 Å². The van der Waals surface area contributed by atoms with E-state index in [9.17, 15) is 0 Å². The molecule has 9 heteroatoms. The van der Waals surface area contributed by atoms with Crippen molar-refractivity contribution in [1.82, 2.24) is 25.4 Å². The molecule has 8 nitrogen and oxygen atoms in total. The Bertz CT molecular complexity index is 839. The Balaban J connectivity index is 1.65. The highest BCUT2D eigenvalue weighted by Crippen LogP contribution is 2.27. The molecule has 2 aromatic rings. The van der Waals surface area contributed by atoms with E-state index in [0.29, 0.717) is 13.2 Å². The van der Waals surface area contributed by atoms with Gasteiger partial charge in [-0.05, 0) is 38.3 Å². The predicted molar refractivity (Wildman–Crippen MR) is 121 cm³/mol. The molecule has 3 rings (SSSR count). The number of benzene rings is 1. The van der Waals surface area contributed by atoms with Gasteiger partial charge in [0, 0.05) is 46.4 Å². The van der Waals surface area contributed by atoms with Crippen LogP contribution in [0, 0.1) is 6.92 Å². The topological polar surface area (TPSA) is 79.6 Å². The van der Waals surface area contributed by atoms with Crippen molar-refractivity contribution in [1.29, 1.82) is 0 Å². The number of aromatic nitrogens is 3. The maximum atomic E-state index is 6.42. The zero-order valence-corrected chi connectivity index (χ0v) is 18.8. The van der Waals surface area contributed by atoms with Crippen molar-refractivity contribution in [3.8, 4) is 0 Å². The van der Waals surface area contributed by atoms with Gasteiger partial charge in [0.25, 0.3) is 0 Å². The molecule has 0 saturated carbocycles. The Morgan fingerprint density at radius 2 is 2.17 bits per heavy atom. The molecule has 0 bridgehead atoms. The second-order valence-corrected chi connectivity index (χ2v) is 7.95. The number of nitrogens with zero attached hydrogens (tertiary/aromatic N) is 5. The van der Waals surface area contributed by atoms with Crippen molar-refractivity contribution in [2.75, 3.05) is 38.3 Å². The summed E-state index contributed by atoms with van der Waals surface area (Å²) in [5.41, 5.74) is 1.09. The molecule has 0 aliphatic carbocycles. The van der Waals surface area contributed by atoms with E-state index in [2.05, 4.69) is 31.8 Å². The standard InChI is InChI=1S/C21H32ClN7O/c1-16-26-27-20(28(16)2)14-24-21(23-11-7-13-30-3)25-17-8-6-12-29(15-17)19-10-5-4-9-18(19)22/h4-5,9-10,17H,6-8,11-15H2,1-3H3,(H2,23,24,25). The average Bonchev–Trinajstić information content (AvgIpc) is 3.07. The number of halogens is 1. The quantitative estimate of drug-likeness (QED) is 0.378.